The number of carbonyl (C=O) groups excluding carboxylic acids is 1. The smallest absolute Gasteiger partial charge is 0.243 e. The molecule has 0 heterocycles. The molecular formula is C18H21Cl2NO. The predicted octanol–water partition coefficient (Wildman–Crippen LogP) is 4.70. The second-order valence-corrected chi connectivity index (χ2v) is 8.47. The van der Waals surface area contributed by atoms with Crippen LogP contribution in [0.2, 0.25) is 5.02 Å². The Morgan fingerprint density at radius 2 is 1.55 bits per heavy atom. The first-order valence-corrected chi connectivity index (χ1v) is 9.06. The molecule has 1 amide bonds. The van der Waals surface area contributed by atoms with Gasteiger partial charge in [-0.15, -0.1) is 11.6 Å². The van der Waals surface area contributed by atoms with Crippen LogP contribution in [0.1, 0.15) is 49.5 Å². The average molecular weight is 338 g/mol. The molecule has 2 nitrogen and oxygen atoms in total. The fourth-order valence-corrected chi connectivity index (χ4v) is 5.70. The first-order chi connectivity index (χ1) is 10.5. The highest BCUT2D eigenvalue weighted by Gasteiger charge is 2.51. The van der Waals surface area contributed by atoms with Crippen LogP contribution in [0.15, 0.2) is 24.3 Å². The van der Waals surface area contributed by atoms with Crippen LogP contribution in [0.25, 0.3) is 0 Å². The van der Waals surface area contributed by atoms with E-state index in [9.17, 15) is 4.79 Å². The monoisotopic (exact) mass is 337 g/mol. The Labute approximate surface area is 141 Å². The minimum atomic E-state index is -0.634. The first-order valence-electron chi connectivity index (χ1n) is 8.24. The van der Waals surface area contributed by atoms with Gasteiger partial charge in [-0.2, -0.15) is 0 Å². The normalized spacial score (nSPS) is 37.1. The van der Waals surface area contributed by atoms with Gasteiger partial charge in [0, 0.05) is 10.6 Å². The maximum absolute atomic E-state index is 12.6. The topological polar surface area (TPSA) is 29.1 Å². The Morgan fingerprint density at radius 3 is 2.05 bits per heavy atom. The van der Waals surface area contributed by atoms with E-state index >= 15 is 0 Å². The fourth-order valence-electron chi connectivity index (χ4n) is 5.37. The van der Waals surface area contributed by atoms with Gasteiger partial charge in [0.25, 0.3) is 0 Å². The largest absolute Gasteiger partial charge is 0.349 e. The minimum Gasteiger partial charge on any atom is -0.349 e. The average Bonchev–Trinajstić information content (AvgIpc) is 2.45. The zero-order chi connectivity index (χ0) is 15.3. The van der Waals surface area contributed by atoms with Crippen molar-refractivity contribution in [1.29, 1.82) is 0 Å². The molecule has 1 N–H and O–H groups in total. The van der Waals surface area contributed by atoms with Crippen molar-refractivity contribution in [1.82, 2.24) is 5.32 Å². The number of hydrogen-bond acceptors (Lipinski definition) is 1. The summed E-state index contributed by atoms with van der Waals surface area (Å²) in [6, 6.07) is 7.23. The third kappa shape index (κ3) is 2.65. The molecule has 4 saturated carbocycles. The number of benzene rings is 1. The molecule has 0 saturated heterocycles. The molecular weight excluding hydrogens is 317 g/mol. The molecule has 22 heavy (non-hydrogen) atoms. The minimum absolute atomic E-state index is 0.0192. The van der Waals surface area contributed by atoms with Gasteiger partial charge in [0.1, 0.15) is 5.38 Å². The van der Waals surface area contributed by atoms with Crippen LogP contribution in [0, 0.1) is 17.8 Å². The van der Waals surface area contributed by atoms with Gasteiger partial charge in [-0.05, 0) is 74.0 Å². The maximum atomic E-state index is 12.6. The molecule has 5 rings (SSSR count). The van der Waals surface area contributed by atoms with Gasteiger partial charge in [-0.3, -0.25) is 4.79 Å². The Balaban J connectivity index is 1.48. The molecule has 0 aliphatic heterocycles. The van der Waals surface area contributed by atoms with Crippen molar-refractivity contribution in [2.24, 2.45) is 17.8 Å². The summed E-state index contributed by atoms with van der Waals surface area (Å²) in [5.41, 5.74) is 0.832. The Bertz CT molecular complexity index is 548. The SMILES string of the molecule is O=C(NC12CC3CC(CC(C3)C1)C2)[C@H](Cl)c1ccc(Cl)cc1. The molecule has 4 heteroatoms. The quantitative estimate of drug-likeness (QED) is 0.795. The molecule has 1 atom stereocenters. The van der Waals surface area contributed by atoms with E-state index in [1.165, 1.54) is 19.3 Å². The fraction of sp³-hybridized carbons (Fsp3) is 0.611. The van der Waals surface area contributed by atoms with Crippen LogP contribution in [0.5, 0.6) is 0 Å². The number of amides is 1. The highest BCUT2D eigenvalue weighted by atomic mass is 35.5. The summed E-state index contributed by atoms with van der Waals surface area (Å²) in [5.74, 6) is 2.40. The van der Waals surface area contributed by atoms with E-state index in [2.05, 4.69) is 5.32 Å². The van der Waals surface area contributed by atoms with Gasteiger partial charge in [0.15, 0.2) is 0 Å². The van der Waals surface area contributed by atoms with Gasteiger partial charge < -0.3 is 5.32 Å². The van der Waals surface area contributed by atoms with Crippen LogP contribution in [-0.4, -0.2) is 11.4 Å². The van der Waals surface area contributed by atoms with E-state index in [1.807, 2.05) is 12.1 Å². The molecule has 4 fully saturated rings. The second-order valence-electron chi connectivity index (χ2n) is 7.60. The molecule has 118 valence electrons. The van der Waals surface area contributed by atoms with Gasteiger partial charge in [-0.1, -0.05) is 23.7 Å². The zero-order valence-electron chi connectivity index (χ0n) is 12.5. The highest BCUT2D eigenvalue weighted by molar-refractivity contribution is 6.31. The number of hydrogen-bond donors (Lipinski definition) is 1. The van der Waals surface area contributed by atoms with Crippen molar-refractivity contribution in [3.05, 3.63) is 34.9 Å². The van der Waals surface area contributed by atoms with E-state index in [1.54, 1.807) is 12.1 Å². The van der Waals surface area contributed by atoms with Gasteiger partial charge in [-0.25, -0.2) is 0 Å². The highest BCUT2D eigenvalue weighted by Crippen LogP contribution is 2.55. The third-order valence-electron chi connectivity index (χ3n) is 5.82. The molecule has 1 aromatic carbocycles. The molecule has 0 unspecified atom stereocenters. The molecule has 1 aromatic rings. The third-order valence-corrected chi connectivity index (χ3v) is 6.52. The van der Waals surface area contributed by atoms with Crippen molar-refractivity contribution in [3.8, 4) is 0 Å². The second kappa shape index (κ2) is 5.42. The molecule has 0 spiro atoms. The summed E-state index contributed by atoms with van der Waals surface area (Å²) < 4.78 is 0. The lowest BCUT2D eigenvalue weighted by Crippen LogP contribution is -2.60. The van der Waals surface area contributed by atoms with Crippen molar-refractivity contribution in [2.75, 3.05) is 0 Å². The summed E-state index contributed by atoms with van der Waals surface area (Å²) >= 11 is 12.3. The summed E-state index contributed by atoms with van der Waals surface area (Å²) in [4.78, 5) is 12.6. The van der Waals surface area contributed by atoms with Crippen LogP contribution >= 0.6 is 23.2 Å². The predicted molar refractivity (Wildman–Crippen MR) is 89.1 cm³/mol. The zero-order valence-corrected chi connectivity index (χ0v) is 14.0. The van der Waals surface area contributed by atoms with E-state index < -0.39 is 5.38 Å². The van der Waals surface area contributed by atoms with Crippen molar-refractivity contribution >= 4 is 29.1 Å². The van der Waals surface area contributed by atoms with Gasteiger partial charge >= 0.3 is 0 Å². The van der Waals surface area contributed by atoms with Crippen LogP contribution in [-0.2, 0) is 4.79 Å². The van der Waals surface area contributed by atoms with Crippen molar-refractivity contribution in [2.45, 2.75) is 49.4 Å². The van der Waals surface area contributed by atoms with Crippen LogP contribution in [0.3, 0.4) is 0 Å². The van der Waals surface area contributed by atoms with Crippen LogP contribution in [0.4, 0.5) is 0 Å². The number of rotatable bonds is 3. The summed E-state index contributed by atoms with van der Waals surface area (Å²) in [5, 5.41) is 3.36. The molecule has 4 aliphatic carbocycles. The Morgan fingerprint density at radius 1 is 1.05 bits per heavy atom. The van der Waals surface area contributed by atoms with Gasteiger partial charge in [0.05, 0.1) is 0 Å². The Kier molecular flexibility index (Phi) is 3.65. The number of nitrogens with one attached hydrogen (secondary N) is 1. The standard InChI is InChI=1S/C18H21Cl2NO/c19-15-3-1-14(2-4-15)16(20)17(22)21-18-8-11-5-12(9-18)7-13(6-11)10-18/h1-4,11-13,16H,5-10H2,(H,21,22)/t11?,12?,13?,16-,18?/m1/s1. The van der Waals surface area contributed by atoms with Gasteiger partial charge in [0.2, 0.25) is 5.91 Å². The summed E-state index contributed by atoms with van der Waals surface area (Å²) in [6.07, 6.45) is 7.56. The maximum Gasteiger partial charge on any atom is 0.243 e. The van der Waals surface area contributed by atoms with E-state index in [4.69, 9.17) is 23.2 Å². The number of halogens is 2. The molecule has 0 radical (unpaired) electrons. The van der Waals surface area contributed by atoms with E-state index in [0.29, 0.717) is 5.02 Å². The lowest BCUT2D eigenvalue weighted by Gasteiger charge is -2.57. The molecule has 0 aromatic heterocycles. The first kappa shape index (κ1) is 14.8. The van der Waals surface area contributed by atoms with Crippen LogP contribution < -0.4 is 5.32 Å². The lowest BCUT2D eigenvalue weighted by atomic mass is 9.53. The van der Waals surface area contributed by atoms with E-state index in [0.717, 1.165) is 42.6 Å². The van der Waals surface area contributed by atoms with E-state index in [-0.39, 0.29) is 11.4 Å². The number of alkyl halides is 1. The summed E-state index contributed by atoms with van der Waals surface area (Å²) in [6.45, 7) is 0. The number of carbonyl (C=O) groups is 1. The lowest BCUT2D eigenvalue weighted by molar-refractivity contribution is -0.126. The molecule has 4 bridgehead atoms. The Hall–Kier alpha value is -0.730. The van der Waals surface area contributed by atoms with Crippen molar-refractivity contribution < 1.29 is 4.79 Å². The van der Waals surface area contributed by atoms with Crippen molar-refractivity contribution in [3.63, 3.8) is 0 Å². The molecule has 4 aliphatic rings. The summed E-state index contributed by atoms with van der Waals surface area (Å²) in [7, 11) is 0.